The molecule has 1 rings (SSSR count). The summed E-state index contributed by atoms with van der Waals surface area (Å²) in [6.45, 7) is 3.98. The van der Waals surface area contributed by atoms with E-state index in [0.29, 0.717) is 5.03 Å². The molecular formula is C12H12ClF. The first-order chi connectivity index (χ1) is 6.59. The van der Waals surface area contributed by atoms with Gasteiger partial charge in [-0.25, -0.2) is 4.39 Å². The molecule has 0 nitrogen and oxygen atoms in total. The van der Waals surface area contributed by atoms with E-state index in [-0.39, 0.29) is 5.82 Å². The Morgan fingerprint density at radius 1 is 1.14 bits per heavy atom. The normalized spacial score (nSPS) is 11.3. The molecule has 0 bridgehead atoms. The predicted molar refractivity (Wildman–Crippen MR) is 59.7 cm³/mol. The zero-order valence-electron chi connectivity index (χ0n) is 8.22. The van der Waals surface area contributed by atoms with Crippen LogP contribution in [0.1, 0.15) is 19.4 Å². The number of rotatable bonds is 2. The van der Waals surface area contributed by atoms with Gasteiger partial charge in [0, 0.05) is 5.03 Å². The molecule has 0 atom stereocenters. The van der Waals surface area contributed by atoms with Crippen molar-refractivity contribution in [1.82, 2.24) is 0 Å². The number of benzene rings is 1. The van der Waals surface area contributed by atoms with Crippen LogP contribution in [-0.2, 0) is 0 Å². The standard InChI is InChI=1S/C12H12ClF/c1-9(2)3-8-12(13)10-4-6-11(14)7-5-10/h3-8H,1-2H3/b12-8-. The van der Waals surface area contributed by atoms with E-state index in [2.05, 4.69) is 0 Å². The lowest BCUT2D eigenvalue weighted by Crippen LogP contribution is -1.78. The molecule has 0 aromatic heterocycles. The highest BCUT2D eigenvalue weighted by Gasteiger charge is 1.96. The molecule has 0 spiro atoms. The van der Waals surface area contributed by atoms with E-state index in [9.17, 15) is 4.39 Å². The molecule has 1 aromatic carbocycles. The van der Waals surface area contributed by atoms with Crippen LogP contribution >= 0.6 is 11.6 Å². The Kier molecular flexibility index (Phi) is 3.90. The summed E-state index contributed by atoms with van der Waals surface area (Å²) in [5, 5.41) is 0.617. The molecule has 2 heteroatoms. The molecule has 0 fully saturated rings. The highest BCUT2D eigenvalue weighted by Crippen LogP contribution is 2.19. The molecule has 0 unspecified atom stereocenters. The summed E-state index contributed by atoms with van der Waals surface area (Å²) in [6, 6.07) is 6.11. The molecule has 0 aliphatic carbocycles. The molecular weight excluding hydrogens is 199 g/mol. The first-order valence-electron chi connectivity index (χ1n) is 4.36. The average Bonchev–Trinajstić information content (AvgIpc) is 2.15. The summed E-state index contributed by atoms with van der Waals surface area (Å²) >= 11 is 6.00. The summed E-state index contributed by atoms with van der Waals surface area (Å²) in [6.07, 6.45) is 3.73. The minimum Gasteiger partial charge on any atom is -0.207 e. The van der Waals surface area contributed by atoms with Gasteiger partial charge < -0.3 is 0 Å². The first-order valence-corrected chi connectivity index (χ1v) is 4.74. The Bertz CT molecular complexity index is 356. The van der Waals surface area contributed by atoms with Crippen LogP contribution in [0, 0.1) is 5.82 Å². The van der Waals surface area contributed by atoms with Crippen LogP contribution in [0.15, 0.2) is 42.0 Å². The predicted octanol–water partition coefficient (Wildman–Crippen LogP) is 4.37. The highest BCUT2D eigenvalue weighted by molar-refractivity contribution is 6.48. The largest absolute Gasteiger partial charge is 0.207 e. The van der Waals surface area contributed by atoms with E-state index in [0.717, 1.165) is 5.56 Å². The molecule has 0 N–H and O–H groups in total. The molecule has 0 aliphatic rings. The molecule has 0 heterocycles. The Morgan fingerprint density at radius 2 is 1.71 bits per heavy atom. The van der Waals surface area contributed by atoms with E-state index in [4.69, 9.17) is 11.6 Å². The lowest BCUT2D eigenvalue weighted by atomic mass is 10.2. The lowest BCUT2D eigenvalue weighted by molar-refractivity contribution is 0.627. The first kappa shape index (κ1) is 11.0. The zero-order chi connectivity index (χ0) is 10.6. The minimum atomic E-state index is -0.250. The number of allylic oxidation sites excluding steroid dienone is 3. The second-order valence-electron chi connectivity index (χ2n) is 3.27. The van der Waals surface area contributed by atoms with Gasteiger partial charge in [0.25, 0.3) is 0 Å². The summed E-state index contributed by atoms with van der Waals surface area (Å²) in [5.74, 6) is -0.250. The van der Waals surface area contributed by atoms with E-state index in [1.807, 2.05) is 26.0 Å². The van der Waals surface area contributed by atoms with Crippen molar-refractivity contribution in [2.75, 3.05) is 0 Å². The monoisotopic (exact) mass is 210 g/mol. The topological polar surface area (TPSA) is 0 Å². The fourth-order valence-corrected chi connectivity index (χ4v) is 1.13. The Balaban J connectivity index is 2.89. The maximum Gasteiger partial charge on any atom is 0.123 e. The molecule has 1 aromatic rings. The van der Waals surface area contributed by atoms with Crippen molar-refractivity contribution in [2.45, 2.75) is 13.8 Å². The van der Waals surface area contributed by atoms with Gasteiger partial charge >= 0.3 is 0 Å². The molecule has 74 valence electrons. The van der Waals surface area contributed by atoms with Gasteiger partial charge in [-0.1, -0.05) is 35.4 Å². The van der Waals surface area contributed by atoms with Crippen molar-refractivity contribution in [3.8, 4) is 0 Å². The molecule has 0 radical (unpaired) electrons. The van der Waals surface area contributed by atoms with Crippen molar-refractivity contribution < 1.29 is 4.39 Å². The summed E-state index contributed by atoms with van der Waals surface area (Å²) < 4.78 is 12.6. The number of hydrogen-bond acceptors (Lipinski definition) is 0. The average molecular weight is 211 g/mol. The fourth-order valence-electron chi connectivity index (χ4n) is 0.945. The van der Waals surface area contributed by atoms with Gasteiger partial charge in [-0.2, -0.15) is 0 Å². The van der Waals surface area contributed by atoms with Gasteiger partial charge in [-0.05, 0) is 37.6 Å². The van der Waals surface area contributed by atoms with Gasteiger partial charge in [-0.15, -0.1) is 0 Å². The highest BCUT2D eigenvalue weighted by atomic mass is 35.5. The molecule has 0 amide bonds. The van der Waals surface area contributed by atoms with Gasteiger partial charge in [-0.3, -0.25) is 0 Å². The van der Waals surface area contributed by atoms with Crippen LogP contribution in [0.3, 0.4) is 0 Å². The molecule has 0 aliphatic heterocycles. The number of halogens is 2. The van der Waals surface area contributed by atoms with Crippen molar-refractivity contribution in [3.05, 3.63) is 53.4 Å². The van der Waals surface area contributed by atoms with Crippen molar-refractivity contribution in [3.63, 3.8) is 0 Å². The van der Waals surface area contributed by atoms with Crippen LogP contribution in [0.5, 0.6) is 0 Å². The SMILES string of the molecule is CC(C)=C/C=C(\Cl)c1ccc(F)cc1. The maximum atomic E-state index is 12.6. The molecule has 0 saturated carbocycles. The third-order valence-corrected chi connectivity index (χ3v) is 2.03. The Morgan fingerprint density at radius 3 is 2.21 bits per heavy atom. The minimum absolute atomic E-state index is 0.250. The lowest BCUT2D eigenvalue weighted by Gasteiger charge is -1.97. The Hall–Kier alpha value is -1.08. The fraction of sp³-hybridized carbons (Fsp3) is 0.167. The van der Waals surface area contributed by atoms with Crippen LogP contribution in [0.2, 0.25) is 0 Å². The van der Waals surface area contributed by atoms with Crippen LogP contribution in [0.25, 0.3) is 5.03 Å². The smallest absolute Gasteiger partial charge is 0.123 e. The maximum absolute atomic E-state index is 12.6. The van der Waals surface area contributed by atoms with Crippen molar-refractivity contribution in [1.29, 1.82) is 0 Å². The molecule has 0 saturated heterocycles. The van der Waals surface area contributed by atoms with E-state index >= 15 is 0 Å². The third-order valence-electron chi connectivity index (χ3n) is 1.68. The summed E-state index contributed by atoms with van der Waals surface area (Å²) in [4.78, 5) is 0. The van der Waals surface area contributed by atoms with E-state index in [1.54, 1.807) is 12.1 Å². The van der Waals surface area contributed by atoms with Crippen molar-refractivity contribution in [2.24, 2.45) is 0 Å². The summed E-state index contributed by atoms with van der Waals surface area (Å²) in [5.41, 5.74) is 2.00. The molecule has 14 heavy (non-hydrogen) atoms. The second-order valence-corrected chi connectivity index (χ2v) is 3.67. The summed E-state index contributed by atoms with van der Waals surface area (Å²) in [7, 11) is 0. The number of hydrogen-bond donors (Lipinski definition) is 0. The van der Waals surface area contributed by atoms with Gasteiger partial charge in [0.1, 0.15) is 5.82 Å². The van der Waals surface area contributed by atoms with Gasteiger partial charge in [0.05, 0.1) is 0 Å². The van der Waals surface area contributed by atoms with Crippen LogP contribution < -0.4 is 0 Å². The van der Waals surface area contributed by atoms with Crippen LogP contribution in [0.4, 0.5) is 4.39 Å². The second kappa shape index (κ2) is 4.97. The van der Waals surface area contributed by atoms with Crippen LogP contribution in [-0.4, -0.2) is 0 Å². The van der Waals surface area contributed by atoms with Gasteiger partial charge in [0.15, 0.2) is 0 Å². The quantitative estimate of drug-likeness (QED) is 0.636. The van der Waals surface area contributed by atoms with E-state index in [1.165, 1.54) is 17.7 Å². The Labute approximate surface area is 88.7 Å². The van der Waals surface area contributed by atoms with E-state index < -0.39 is 0 Å². The van der Waals surface area contributed by atoms with Gasteiger partial charge in [0.2, 0.25) is 0 Å². The van der Waals surface area contributed by atoms with Crippen molar-refractivity contribution >= 4 is 16.6 Å². The third kappa shape index (κ3) is 3.35. The zero-order valence-corrected chi connectivity index (χ0v) is 8.98.